The van der Waals surface area contributed by atoms with Gasteiger partial charge in [0.2, 0.25) is 5.91 Å². The lowest BCUT2D eigenvalue weighted by molar-refractivity contribution is 0.0979. The van der Waals surface area contributed by atoms with Crippen LogP contribution in [0.15, 0.2) is 78.9 Å². The van der Waals surface area contributed by atoms with Gasteiger partial charge in [-0.2, -0.15) is 0 Å². The summed E-state index contributed by atoms with van der Waals surface area (Å²) in [4.78, 5) is 12.6. The normalized spacial score (nSPS) is 13.6. The summed E-state index contributed by atoms with van der Waals surface area (Å²) in [6.45, 7) is 4.50. The molecule has 26 heavy (non-hydrogen) atoms. The number of carbonyl (C=O) groups is 1. The first-order valence-corrected chi connectivity index (χ1v) is 11.9. The molecule has 0 saturated heterocycles. The van der Waals surface area contributed by atoms with E-state index in [1.54, 1.807) is 0 Å². The van der Waals surface area contributed by atoms with E-state index in [9.17, 15) is 4.79 Å². The summed E-state index contributed by atoms with van der Waals surface area (Å²) < 4.78 is 0. The molecule has 1 amide bonds. The predicted octanol–water partition coefficient (Wildman–Crippen LogP) is 2.06. The van der Waals surface area contributed by atoms with Gasteiger partial charge in [-0.15, -0.1) is 0 Å². The van der Waals surface area contributed by atoms with Crippen LogP contribution in [0.4, 0.5) is 5.69 Å². The number of fused-ring (bicyclic) bond motifs is 1. The van der Waals surface area contributed by atoms with E-state index in [-0.39, 0.29) is 12.9 Å². The minimum atomic E-state index is -1.89. The van der Waals surface area contributed by atoms with E-state index in [0.717, 1.165) is 11.2 Å². The maximum absolute atomic E-state index is 12.6. The first-order chi connectivity index (χ1) is 12.6. The van der Waals surface area contributed by atoms with Crippen molar-refractivity contribution in [3.8, 4) is 0 Å². The van der Waals surface area contributed by atoms with Crippen LogP contribution in [0.5, 0.6) is 0 Å². The second-order valence-electron chi connectivity index (χ2n) is 7.17. The monoisotopic (exact) mass is 356 g/mol. The van der Waals surface area contributed by atoms with Crippen LogP contribution in [0.25, 0.3) is 0 Å². The summed E-state index contributed by atoms with van der Waals surface area (Å²) in [6, 6.07) is 26.8. The SMILES string of the molecule is C[Si](C)(c1ccccc1)c1ccccc1B1NC(=O)c2ccccc2N1. The molecule has 1 aliphatic rings. The Labute approximate surface area is 155 Å². The van der Waals surface area contributed by atoms with Gasteiger partial charge in [0.1, 0.15) is 8.07 Å². The Morgan fingerprint density at radius 3 is 2.23 bits per heavy atom. The van der Waals surface area contributed by atoms with Crippen molar-refractivity contribution >= 4 is 42.5 Å². The van der Waals surface area contributed by atoms with Crippen LogP contribution in [0, 0.1) is 0 Å². The van der Waals surface area contributed by atoms with E-state index in [0.29, 0.717) is 5.56 Å². The Bertz CT molecular complexity index is 959. The van der Waals surface area contributed by atoms with Gasteiger partial charge in [-0.25, -0.2) is 0 Å². The van der Waals surface area contributed by atoms with Crippen LogP contribution in [0.3, 0.4) is 0 Å². The summed E-state index contributed by atoms with van der Waals surface area (Å²) in [6.07, 6.45) is 0. The minimum absolute atomic E-state index is 0.0293. The van der Waals surface area contributed by atoms with Crippen LogP contribution in [0.2, 0.25) is 13.1 Å². The van der Waals surface area contributed by atoms with E-state index in [2.05, 4.69) is 72.1 Å². The summed E-state index contributed by atoms with van der Waals surface area (Å²) >= 11 is 0. The molecule has 0 fully saturated rings. The van der Waals surface area contributed by atoms with Crippen molar-refractivity contribution in [2.75, 3.05) is 5.23 Å². The third-order valence-electron chi connectivity index (χ3n) is 5.19. The summed E-state index contributed by atoms with van der Waals surface area (Å²) in [5.41, 5.74) is 2.73. The fourth-order valence-corrected chi connectivity index (χ4v) is 6.49. The van der Waals surface area contributed by atoms with Gasteiger partial charge in [0.25, 0.3) is 0 Å². The third kappa shape index (κ3) is 2.84. The fraction of sp³-hybridized carbons (Fsp3) is 0.0952. The van der Waals surface area contributed by atoms with Gasteiger partial charge in [0.05, 0.1) is 5.56 Å². The maximum Gasteiger partial charge on any atom is 0.408 e. The third-order valence-corrected chi connectivity index (χ3v) is 8.77. The highest BCUT2D eigenvalue weighted by atomic mass is 28.3. The Hall–Kier alpha value is -2.79. The lowest BCUT2D eigenvalue weighted by atomic mass is 9.66. The van der Waals surface area contributed by atoms with Crippen molar-refractivity contribution in [2.24, 2.45) is 0 Å². The summed E-state index contributed by atoms with van der Waals surface area (Å²) in [5, 5.41) is 9.34. The number of benzene rings is 3. The van der Waals surface area contributed by atoms with Crippen molar-refractivity contribution in [3.05, 3.63) is 84.4 Å². The summed E-state index contributed by atoms with van der Waals surface area (Å²) in [7, 11) is -1.89. The van der Waals surface area contributed by atoms with Gasteiger partial charge < -0.3 is 10.5 Å². The van der Waals surface area contributed by atoms with Crippen molar-refractivity contribution < 1.29 is 4.79 Å². The standard InChI is InChI=1S/C21H21BN2OSi/c1-26(2,16-10-4-3-5-11-16)20-15-9-7-13-18(20)22-23-19-14-8-6-12-17(19)21(25)24-22/h3-15,23H,1-2H3,(H,24,25). The van der Waals surface area contributed by atoms with Crippen molar-refractivity contribution in [1.29, 1.82) is 0 Å². The first kappa shape index (κ1) is 16.7. The second kappa shape index (κ2) is 6.50. The van der Waals surface area contributed by atoms with E-state index < -0.39 is 8.07 Å². The van der Waals surface area contributed by atoms with Crippen molar-refractivity contribution in [1.82, 2.24) is 5.23 Å². The number of nitrogens with one attached hydrogen (secondary N) is 2. The highest BCUT2D eigenvalue weighted by Gasteiger charge is 2.35. The number of hydrogen-bond acceptors (Lipinski definition) is 2. The molecule has 0 spiro atoms. The molecule has 0 saturated carbocycles. The maximum atomic E-state index is 12.6. The molecule has 2 N–H and O–H groups in total. The quantitative estimate of drug-likeness (QED) is 0.706. The molecule has 0 bridgehead atoms. The molecule has 0 radical (unpaired) electrons. The topological polar surface area (TPSA) is 41.1 Å². The molecule has 3 aromatic carbocycles. The smallest absolute Gasteiger partial charge is 0.405 e. The van der Waals surface area contributed by atoms with Crippen LogP contribution in [-0.4, -0.2) is 21.0 Å². The van der Waals surface area contributed by atoms with Gasteiger partial charge in [-0.05, 0) is 17.6 Å². The van der Waals surface area contributed by atoms with E-state index in [1.165, 1.54) is 10.4 Å². The molecule has 0 aliphatic carbocycles. The predicted molar refractivity (Wildman–Crippen MR) is 113 cm³/mol. The lowest BCUT2D eigenvalue weighted by Crippen LogP contribution is -2.67. The fourth-order valence-electron chi connectivity index (χ4n) is 3.69. The first-order valence-electron chi connectivity index (χ1n) is 8.89. The van der Waals surface area contributed by atoms with Crippen LogP contribution in [-0.2, 0) is 0 Å². The number of para-hydroxylation sites is 1. The molecule has 4 rings (SSSR count). The van der Waals surface area contributed by atoms with Gasteiger partial charge in [0, 0.05) is 5.69 Å². The average molecular weight is 356 g/mol. The highest BCUT2D eigenvalue weighted by Crippen LogP contribution is 2.18. The van der Waals surface area contributed by atoms with Crippen LogP contribution < -0.4 is 26.3 Å². The van der Waals surface area contributed by atoms with Crippen LogP contribution in [0.1, 0.15) is 10.4 Å². The molecular formula is C21H21BN2OSi. The lowest BCUT2D eigenvalue weighted by Gasteiger charge is -2.31. The van der Waals surface area contributed by atoms with Crippen molar-refractivity contribution in [2.45, 2.75) is 13.1 Å². The molecule has 1 heterocycles. The van der Waals surface area contributed by atoms with Gasteiger partial charge in [-0.3, -0.25) is 4.79 Å². The van der Waals surface area contributed by atoms with Gasteiger partial charge in [-0.1, -0.05) is 90.2 Å². The Kier molecular flexibility index (Phi) is 4.17. The number of hydrogen-bond donors (Lipinski definition) is 2. The molecule has 0 unspecified atom stereocenters. The molecule has 1 aliphatic heterocycles. The van der Waals surface area contributed by atoms with E-state index in [4.69, 9.17) is 0 Å². The van der Waals surface area contributed by atoms with Gasteiger partial charge in [0.15, 0.2) is 0 Å². The van der Waals surface area contributed by atoms with E-state index >= 15 is 0 Å². The average Bonchev–Trinajstić information content (AvgIpc) is 2.68. The molecule has 3 aromatic rings. The molecule has 3 nitrogen and oxygen atoms in total. The molecule has 5 heteroatoms. The zero-order valence-electron chi connectivity index (χ0n) is 15.0. The molecule has 0 aromatic heterocycles. The Morgan fingerprint density at radius 2 is 1.42 bits per heavy atom. The zero-order valence-corrected chi connectivity index (χ0v) is 16.0. The number of amides is 1. The number of anilines is 1. The summed E-state index contributed by atoms with van der Waals surface area (Å²) in [5.74, 6) is -0.0293. The zero-order chi connectivity index (χ0) is 18.1. The van der Waals surface area contributed by atoms with E-state index in [1.807, 2.05) is 30.3 Å². The van der Waals surface area contributed by atoms with Gasteiger partial charge >= 0.3 is 6.98 Å². The molecular weight excluding hydrogens is 335 g/mol. The molecule has 128 valence electrons. The minimum Gasteiger partial charge on any atom is -0.405 e. The Balaban J connectivity index is 1.77. The second-order valence-corrected chi connectivity index (χ2v) is 11.5. The van der Waals surface area contributed by atoms with Crippen molar-refractivity contribution in [3.63, 3.8) is 0 Å². The number of rotatable bonds is 3. The largest absolute Gasteiger partial charge is 0.408 e. The number of carbonyl (C=O) groups excluding carboxylic acids is 1. The van der Waals surface area contributed by atoms with Crippen LogP contribution >= 0.6 is 0 Å². The molecule has 0 atom stereocenters. The highest BCUT2D eigenvalue weighted by molar-refractivity contribution is 7.03. The Morgan fingerprint density at radius 1 is 0.769 bits per heavy atom.